The Balaban J connectivity index is 0.000000350. The van der Waals surface area contributed by atoms with Gasteiger partial charge in [0.05, 0.1) is 5.75 Å². The molecule has 0 aliphatic rings. The lowest BCUT2D eigenvalue weighted by molar-refractivity contribution is 0.399. The van der Waals surface area contributed by atoms with Gasteiger partial charge in [-0.2, -0.15) is 8.42 Å². The molecule has 0 spiro atoms. The zero-order valence-electron chi connectivity index (χ0n) is 11.4. The van der Waals surface area contributed by atoms with Crippen molar-refractivity contribution < 1.29 is 18.1 Å². The van der Waals surface area contributed by atoms with Gasteiger partial charge >= 0.3 is 0 Å². The van der Waals surface area contributed by atoms with Crippen LogP contribution in [0.3, 0.4) is 0 Å². The van der Waals surface area contributed by atoms with Crippen molar-refractivity contribution in [3.63, 3.8) is 0 Å². The minimum atomic E-state index is -3.66. The van der Waals surface area contributed by atoms with Crippen LogP contribution in [0.25, 0.3) is 10.8 Å². The van der Waals surface area contributed by atoms with Gasteiger partial charge in [0.15, 0.2) is 0 Å². The summed E-state index contributed by atoms with van der Waals surface area (Å²) in [5.41, 5.74) is 1.35. The minimum absolute atomic E-state index is 0.201. The van der Waals surface area contributed by atoms with Gasteiger partial charge in [-0.15, -0.1) is 0 Å². The molecule has 0 unspecified atom stereocenters. The van der Waals surface area contributed by atoms with Gasteiger partial charge in [-0.05, 0) is 30.2 Å². The minimum Gasteiger partial charge on any atom is -0.400 e. The standard InChI is InChI=1S/C11H10.C2H6O3S.CH4O/c1-9-5-4-7-10-6-2-3-8-11(9)10;1-2-6(3,4)5;1-2/h2-8H,1H3;2H2,1H3,(H,3,4,5);2H,1H3. The maximum atomic E-state index is 9.56. The lowest BCUT2D eigenvalue weighted by Crippen LogP contribution is -1.97. The summed E-state index contributed by atoms with van der Waals surface area (Å²) in [5.74, 6) is -0.201. The van der Waals surface area contributed by atoms with Gasteiger partial charge in [0.2, 0.25) is 0 Å². The Labute approximate surface area is 114 Å². The van der Waals surface area contributed by atoms with Crippen LogP contribution in [0.4, 0.5) is 0 Å². The summed E-state index contributed by atoms with van der Waals surface area (Å²) in [6.07, 6.45) is 0. The second-order valence-electron chi connectivity index (χ2n) is 3.67. The lowest BCUT2D eigenvalue weighted by Gasteiger charge is -1.98. The molecule has 106 valence electrons. The first-order chi connectivity index (χ1) is 8.94. The van der Waals surface area contributed by atoms with Crippen LogP contribution >= 0.6 is 0 Å². The van der Waals surface area contributed by atoms with E-state index in [1.54, 1.807) is 0 Å². The number of aryl methyl sites for hydroxylation is 1. The monoisotopic (exact) mass is 284 g/mol. The third-order valence-corrected chi connectivity index (χ3v) is 3.10. The van der Waals surface area contributed by atoms with Crippen LogP contribution in [-0.2, 0) is 10.1 Å². The van der Waals surface area contributed by atoms with Crippen molar-refractivity contribution in [3.05, 3.63) is 48.0 Å². The smallest absolute Gasteiger partial charge is 0.264 e. The Hall–Kier alpha value is -1.43. The molecule has 0 fully saturated rings. The fourth-order valence-corrected chi connectivity index (χ4v) is 1.39. The van der Waals surface area contributed by atoms with Crippen molar-refractivity contribution in [1.82, 2.24) is 0 Å². The zero-order chi connectivity index (χ0) is 14.9. The number of aliphatic hydroxyl groups is 1. The molecule has 0 atom stereocenters. The highest BCUT2D eigenvalue weighted by molar-refractivity contribution is 7.85. The van der Waals surface area contributed by atoms with Crippen molar-refractivity contribution >= 4 is 20.9 Å². The normalized spacial score (nSPS) is 9.95. The van der Waals surface area contributed by atoms with Crippen LogP contribution in [0, 0.1) is 6.92 Å². The Bertz CT molecular complexity index is 586. The molecule has 0 saturated carbocycles. The lowest BCUT2D eigenvalue weighted by atomic mass is 10.1. The Morgan fingerprint density at radius 2 is 1.47 bits per heavy atom. The number of fused-ring (bicyclic) bond motifs is 1. The summed E-state index contributed by atoms with van der Waals surface area (Å²) >= 11 is 0. The summed E-state index contributed by atoms with van der Waals surface area (Å²) < 4.78 is 26.9. The highest BCUT2D eigenvalue weighted by Gasteiger charge is 1.93. The second-order valence-corrected chi connectivity index (χ2v) is 5.41. The number of hydrogen-bond donors (Lipinski definition) is 2. The predicted molar refractivity (Wildman–Crippen MR) is 78.9 cm³/mol. The van der Waals surface area contributed by atoms with Gasteiger partial charge in [-0.3, -0.25) is 4.55 Å². The molecule has 0 aliphatic heterocycles. The highest BCUT2D eigenvalue weighted by atomic mass is 32.2. The highest BCUT2D eigenvalue weighted by Crippen LogP contribution is 2.16. The molecule has 0 bridgehead atoms. The molecule has 2 rings (SSSR count). The summed E-state index contributed by atoms with van der Waals surface area (Å²) in [4.78, 5) is 0. The van der Waals surface area contributed by atoms with Crippen molar-refractivity contribution in [2.24, 2.45) is 0 Å². The van der Waals surface area contributed by atoms with E-state index in [1.807, 2.05) is 0 Å². The fraction of sp³-hybridized carbons (Fsp3) is 0.286. The molecule has 0 heterocycles. The van der Waals surface area contributed by atoms with E-state index >= 15 is 0 Å². The van der Waals surface area contributed by atoms with E-state index in [9.17, 15) is 8.42 Å². The van der Waals surface area contributed by atoms with E-state index in [4.69, 9.17) is 9.66 Å². The summed E-state index contributed by atoms with van der Waals surface area (Å²) in [7, 11) is -2.66. The molecule has 0 amide bonds. The average molecular weight is 284 g/mol. The molecule has 2 aromatic carbocycles. The van der Waals surface area contributed by atoms with E-state index in [0.29, 0.717) is 0 Å². The van der Waals surface area contributed by atoms with Crippen molar-refractivity contribution in [2.75, 3.05) is 12.9 Å². The van der Waals surface area contributed by atoms with Crippen LogP contribution in [-0.4, -0.2) is 30.9 Å². The van der Waals surface area contributed by atoms with Crippen LogP contribution in [0.5, 0.6) is 0 Å². The molecule has 4 nitrogen and oxygen atoms in total. The number of benzene rings is 2. The van der Waals surface area contributed by atoms with Crippen LogP contribution < -0.4 is 0 Å². The Morgan fingerprint density at radius 3 is 1.95 bits per heavy atom. The number of hydrogen-bond acceptors (Lipinski definition) is 3. The molecule has 0 aliphatic carbocycles. The van der Waals surface area contributed by atoms with Crippen LogP contribution in [0.15, 0.2) is 42.5 Å². The Kier molecular flexibility index (Phi) is 7.98. The molecule has 2 aromatic rings. The maximum Gasteiger partial charge on any atom is 0.264 e. The van der Waals surface area contributed by atoms with Crippen molar-refractivity contribution in [2.45, 2.75) is 13.8 Å². The third kappa shape index (κ3) is 6.91. The molecular formula is C14H20O4S. The van der Waals surface area contributed by atoms with Crippen LogP contribution in [0.2, 0.25) is 0 Å². The molecule has 19 heavy (non-hydrogen) atoms. The maximum absolute atomic E-state index is 9.56. The van der Waals surface area contributed by atoms with Gasteiger partial charge in [-0.25, -0.2) is 0 Å². The SMILES string of the molecule is CCS(=O)(=O)O.CO.Cc1cccc2ccccc12. The first-order valence-electron chi connectivity index (χ1n) is 5.78. The van der Waals surface area contributed by atoms with E-state index < -0.39 is 10.1 Å². The predicted octanol–water partition coefficient (Wildman–Crippen LogP) is 2.65. The first kappa shape index (κ1) is 17.6. The molecular weight excluding hydrogens is 264 g/mol. The number of rotatable bonds is 1. The molecule has 0 saturated heterocycles. The van der Waals surface area contributed by atoms with Crippen molar-refractivity contribution in [1.29, 1.82) is 0 Å². The average Bonchev–Trinajstić information content (AvgIpc) is 2.42. The topological polar surface area (TPSA) is 74.6 Å². The molecule has 5 heteroatoms. The first-order valence-corrected chi connectivity index (χ1v) is 7.39. The van der Waals surface area contributed by atoms with Crippen molar-refractivity contribution in [3.8, 4) is 0 Å². The largest absolute Gasteiger partial charge is 0.400 e. The van der Waals surface area contributed by atoms with E-state index in [0.717, 1.165) is 7.11 Å². The van der Waals surface area contributed by atoms with Gasteiger partial charge in [0, 0.05) is 7.11 Å². The van der Waals surface area contributed by atoms with E-state index in [-0.39, 0.29) is 5.75 Å². The third-order valence-electron chi connectivity index (χ3n) is 2.37. The second kappa shape index (κ2) is 8.63. The molecule has 2 N–H and O–H groups in total. The zero-order valence-corrected chi connectivity index (χ0v) is 12.2. The summed E-state index contributed by atoms with van der Waals surface area (Å²) in [6, 6.07) is 14.8. The van der Waals surface area contributed by atoms with Gasteiger partial charge in [0.25, 0.3) is 10.1 Å². The van der Waals surface area contributed by atoms with Gasteiger partial charge in [-0.1, -0.05) is 42.5 Å². The summed E-state index contributed by atoms with van der Waals surface area (Å²) in [5, 5.41) is 9.68. The van der Waals surface area contributed by atoms with E-state index in [1.165, 1.54) is 23.3 Å². The molecule has 0 radical (unpaired) electrons. The van der Waals surface area contributed by atoms with Gasteiger partial charge in [0.1, 0.15) is 0 Å². The Morgan fingerprint density at radius 1 is 1.00 bits per heavy atom. The fourth-order valence-electron chi connectivity index (χ4n) is 1.39. The molecule has 0 aromatic heterocycles. The quantitative estimate of drug-likeness (QED) is 0.789. The summed E-state index contributed by atoms with van der Waals surface area (Å²) in [6.45, 7) is 3.51. The number of aliphatic hydroxyl groups excluding tert-OH is 1. The van der Waals surface area contributed by atoms with E-state index in [2.05, 4.69) is 49.4 Å². The van der Waals surface area contributed by atoms with Crippen LogP contribution in [0.1, 0.15) is 12.5 Å². The van der Waals surface area contributed by atoms with Gasteiger partial charge < -0.3 is 5.11 Å².